The van der Waals surface area contributed by atoms with E-state index >= 15 is 0 Å². The minimum absolute atomic E-state index is 0.399. The molecule has 6 heteroatoms. The van der Waals surface area contributed by atoms with E-state index in [2.05, 4.69) is 38.0 Å². The Hall–Kier alpha value is -1.14. The second-order valence-corrected chi connectivity index (χ2v) is 5.96. The van der Waals surface area contributed by atoms with Crippen LogP contribution in [-0.4, -0.2) is 26.1 Å². The van der Waals surface area contributed by atoms with Crippen molar-refractivity contribution in [1.82, 2.24) is 15.1 Å². The molecule has 1 aliphatic rings. The fraction of sp³-hybridized carbons (Fsp3) is 0.250. The van der Waals surface area contributed by atoms with Gasteiger partial charge in [-0.05, 0) is 22.8 Å². The fourth-order valence-corrected chi connectivity index (χ4v) is 4.16. The van der Waals surface area contributed by atoms with Crippen LogP contribution in [0.3, 0.4) is 0 Å². The maximum Gasteiger partial charge on any atom is 0.382 e. The molecule has 1 unspecified atom stereocenters. The SMILES string of the molecule is BrCC1CSc2nc3[nH]c4ccccc4c3n[n+]21. The molecule has 1 N–H and O–H groups in total. The van der Waals surface area contributed by atoms with E-state index in [-0.39, 0.29) is 0 Å². The number of aromatic nitrogens is 4. The smallest absolute Gasteiger partial charge is 0.317 e. The van der Waals surface area contributed by atoms with E-state index in [1.165, 1.54) is 0 Å². The Labute approximate surface area is 116 Å². The number of hydrogen-bond acceptors (Lipinski definition) is 3. The van der Waals surface area contributed by atoms with Crippen LogP contribution in [0.15, 0.2) is 29.4 Å². The molecule has 0 saturated carbocycles. The summed E-state index contributed by atoms with van der Waals surface area (Å²) >= 11 is 5.31. The Kier molecular flexibility index (Phi) is 2.35. The lowest BCUT2D eigenvalue weighted by atomic mass is 10.2. The summed E-state index contributed by atoms with van der Waals surface area (Å²) in [7, 11) is 0. The number of hydrogen-bond donors (Lipinski definition) is 1. The Bertz CT molecular complexity index is 754. The van der Waals surface area contributed by atoms with E-state index < -0.39 is 0 Å². The third kappa shape index (κ3) is 1.42. The normalized spacial score (nSPS) is 18.6. The molecule has 4 nitrogen and oxygen atoms in total. The van der Waals surface area contributed by atoms with Crippen molar-refractivity contribution in [2.24, 2.45) is 0 Å². The van der Waals surface area contributed by atoms with Crippen LogP contribution in [0, 0.1) is 0 Å². The van der Waals surface area contributed by atoms with Crippen LogP contribution in [0.25, 0.3) is 22.1 Å². The molecular formula is C12H10BrN4S+. The van der Waals surface area contributed by atoms with Gasteiger partial charge in [-0.25, -0.2) is 0 Å². The van der Waals surface area contributed by atoms with Gasteiger partial charge in [-0.3, -0.25) is 0 Å². The number of H-pyrrole nitrogens is 1. The molecule has 18 heavy (non-hydrogen) atoms. The minimum Gasteiger partial charge on any atom is -0.317 e. The number of aromatic amines is 1. The zero-order chi connectivity index (χ0) is 12.1. The summed E-state index contributed by atoms with van der Waals surface area (Å²) in [4.78, 5) is 8.01. The topological polar surface area (TPSA) is 45.5 Å². The van der Waals surface area contributed by atoms with Crippen molar-refractivity contribution in [2.75, 3.05) is 11.1 Å². The number of fused-ring (bicyclic) bond motifs is 4. The maximum atomic E-state index is 4.77. The average molecular weight is 322 g/mol. The highest BCUT2D eigenvalue weighted by Crippen LogP contribution is 2.28. The Morgan fingerprint density at radius 1 is 1.44 bits per heavy atom. The zero-order valence-corrected chi connectivity index (χ0v) is 11.8. The highest BCUT2D eigenvalue weighted by molar-refractivity contribution is 9.09. The third-order valence-electron chi connectivity index (χ3n) is 3.20. The Morgan fingerprint density at radius 2 is 2.33 bits per heavy atom. The lowest BCUT2D eigenvalue weighted by molar-refractivity contribution is -0.798. The average Bonchev–Trinajstić information content (AvgIpc) is 2.96. The summed E-state index contributed by atoms with van der Waals surface area (Å²) in [5.74, 6) is 1.04. The molecule has 0 spiro atoms. The minimum atomic E-state index is 0.399. The highest BCUT2D eigenvalue weighted by Gasteiger charge is 2.33. The molecule has 0 bridgehead atoms. The van der Waals surface area contributed by atoms with E-state index in [0.717, 1.165) is 38.3 Å². The van der Waals surface area contributed by atoms with Gasteiger partial charge in [0, 0.05) is 16.5 Å². The Morgan fingerprint density at radius 3 is 3.22 bits per heavy atom. The van der Waals surface area contributed by atoms with Crippen molar-refractivity contribution in [3.8, 4) is 0 Å². The largest absolute Gasteiger partial charge is 0.382 e. The molecule has 3 heterocycles. The lowest BCUT2D eigenvalue weighted by Crippen LogP contribution is -2.43. The number of benzene rings is 1. The van der Waals surface area contributed by atoms with Crippen LogP contribution in [-0.2, 0) is 0 Å². The molecule has 0 saturated heterocycles. The van der Waals surface area contributed by atoms with Crippen molar-refractivity contribution in [3.05, 3.63) is 24.3 Å². The number of thioether (sulfide) groups is 1. The highest BCUT2D eigenvalue weighted by atomic mass is 79.9. The predicted octanol–water partition coefficient (Wildman–Crippen LogP) is 2.44. The van der Waals surface area contributed by atoms with E-state index in [0.29, 0.717) is 6.04 Å². The first-order chi connectivity index (χ1) is 8.86. The first-order valence-corrected chi connectivity index (χ1v) is 7.86. The number of halogens is 1. The molecule has 4 rings (SSSR count). The molecule has 0 radical (unpaired) electrons. The number of rotatable bonds is 1. The monoisotopic (exact) mass is 321 g/mol. The first kappa shape index (κ1) is 10.8. The van der Waals surface area contributed by atoms with Crippen LogP contribution in [0.5, 0.6) is 0 Å². The van der Waals surface area contributed by atoms with Gasteiger partial charge >= 0.3 is 5.16 Å². The summed E-state index contributed by atoms with van der Waals surface area (Å²) in [5, 5.41) is 7.82. The molecule has 0 amide bonds. The van der Waals surface area contributed by atoms with Crippen molar-refractivity contribution in [1.29, 1.82) is 0 Å². The molecule has 90 valence electrons. The molecule has 1 aromatic carbocycles. The van der Waals surface area contributed by atoms with Crippen molar-refractivity contribution >= 4 is 49.8 Å². The third-order valence-corrected chi connectivity index (χ3v) is 5.03. The van der Waals surface area contributed by atoms with Gasteiger partial charge in [0.25, 0.3) is 5.65 Å². The number of nitrogens with one attached hydrogen (secondary N) is 1. The fourth-order valence-electron chi connectivity index (χ4n) is 2.28. The van der Waals surface area contributed by atoms with E-state index in [4.69, 9.17) is 5.10 Å². The summed E-state index contributed by atoms with van der Waals surface area (Å²) in [5.41, 5.74) is 2.94. The predicted molar refractivity (Wildman–Crippen MR) is 75.1 cm³/mol. The van der Waals surface area contributed by atoms with Gasteiger partial charge in [0.05, 0.1) is 5.52 Å². The van der Waals surface area contributed by atoms with E-state index in [1.807, 2.05) is 16.8 Å². The van der Waals surface area contributed by atoms with Crippen LogP contribution < -0.4 is 4.68 Å². The van der Waals surface area contributed by atoms with Gasteiger partial charge in [0.2, 0.25) is 0 Å². The number of alkyl halides is 1. The van der Waals surface area contributed by atoms with Gasteiger partial charge < -0.3 is 4.98 Å². The molecule has 0 fully saturated rings. The van der Waals surface area contributed by atoms with Crippen LogP contribution in [0.4, 0.5) is 0 Å². The molecule has 3 aromatic rings. The zero-order valence-electron chi connectivity index (χ0n) is 9.43. The molecule has 2 aromatic heterocycles. The van der Waals surface area contributed by atoms with Gasteiger partial charge in [-0.1, -0.05) is 39.2 Å². The van der Waals surface area contributed by atoms with Gasteiger partial charge in [-0.2, -0.15) is 0 Å². The quantitative estimate of drug-likeness (QED) is 0.553. The van der Waals surface area contributed by atoms with Crippen LogP contribution in [0.2, 0.25) is 0 Å². The summed E-state index contributed by atoms with van der Waals surface area (Å²) < 4.78 is 2.04. The number of nitrogens with zero attached hydrogens (tertiary/aromatic N) is 3. The maximum absolute atomic E-state index is 4.77. The second-order valence-electron chi connectivity index (χ2n) is 4.33. The molecule has 1 atom stereocenters. The summed E-state index contributed by atoms with van der Waals surface area (Å²) in [6, 6.07) is 8.60. The number of para-hydroxylation sites is 1. The molecule has 0 aliphatic carbocycles. The Balaban J connectivity index is 2.07. The van der Waals surface area contributed by atoms with Gasteiger partial charge in [-0.15, -0.1) is 4.68 Å². The molecular weight excluding hydrogens is 312 g/mol. The van der Waals surface area contributed by atoms with E-state index in [9.17, 15) is 0 Å². The van der Waals surface area contributed by atoms with Crippen molar-refractivity contribution in [2.45, 2.75) is 11.2 Å². The van der Waals surface area contributed by atoms with Crippen molar-refractivity contribution < 1.29 is 4.68 Å². The second kappa shape index (κ2) is 3.93. The van der Waals surface area contributed by atoms with Crippen molar-refractivity contribution in [3.63, 3.8) is 0 Å². The lowest BCUT2D eigenvalue weighted by Gasteiger charge is -2.00. The first-order valence-electron chi connectivity index (χ1n) is 5.76. The summed E-state index contributed by atoms with van der Waals surface area (Å²) in [6.45, 7) is 0. The molecule has 1 aliphatic heterocycles. The van der Waals surface area contributed by atoms with Crippen LogP contribution in [0.1, 0.15) is 6.04 Å². The van der Waals surface area contributed by atoms with Gasteiger partial charge in [0.15, 0.2) is 5.52 Å². The summed E-state index contributed by atoms with van der Waals surface area (Å²) in [6.07, 6.45) is 0. The van der Waals surface area contributed by atoms with E-state index in [1.54, 1.807) is 11.8 Å². The van der Waals surface area contributed by atoms with Gasteiger partial charge in [0.1, 0.15) is 6.04 Å². The standard InChI is InChI=1S/C12H9BrN4S/c13-5-7-6-18-12-15-11-10(16-17(7)12)8-3-1-2-4-9(8)14-11/h1-4,7H,5-6H2/p+1. The van der Waals surface area contributed by atoms with Crippen LogP contribution >= 0.6 is 27.7 Å².